The van der Waals surface area contributed by atoms with Crippen molar-refractivity contribution in [3.63, 3.8) is 0 Å². The summed E-state index contributed by atoms with van der Waals surface area (Å²) < 4.78 is 8.06. The second kappa shape index (κ2) is 5.72. The maximum absolute atomic E-state index is 6.14. The van der Waals surface area contributed by atoms with Gasteiger partial charge in [-0.2, -0.15) is 5.10 Å². The van der Waals surface area contributed by atoms with E-state index in [0.717, 1.165) is 24.5 Å². The summed E-state index contributed by atoms with van der Waals surface area (Å²) >= 11 is 0. The van der Waals surface area contributed by atoms with Crippen LogP contribution in [-0.4, -0.2) is 20.4 Å². The normalized spacial score (nSPS) is 19.5. The molecule has 0 fully saturated rings. The van der Waals surface area contributed by atoms with Gasteiger partial charge in [-0.25, -0.2) is 9.67 Å². The number of hydrogen-bond acceptors (Lipinski definition) is 4. The van der Waals surface area contributed by atoms with Gasteiger partial charge in [0.1, 0.15) is 23.5 Å². The molecule has 0 saturated carbocycles. The van der Waals surface area contributed by atoms with Gasteiger partial charge in [-0.3, -0.25) is 0 Å². The van der Waals surface area contributed by atoms with E-state index in [4.69, 9.17) is 4.74 Å². The van der Waals surface area contributed by atoms with E-state index in [1.165, 1.54) is 11.1 Å². The molecule has 5 heteroatoms. The highest BCUT2D eigenvalue weighted by molar-refractivity contribution is 5.41. The molecule has 0 radical (unpaired) electrons. The summed E-state index contributed by atoms with van der Waals surface area (Å²) in [6.45, 7) is 10.0. The summed E-state index contributed by atoms with van der Waals surface area (Å²) in [6, 6.07) is 6.70. The van der Waals surface area contributed by atoms with Gasteiger partial charge in [-0.15, -0.1) is 0 Å². The molecule has 1 unspecified atom stereocenters. The Morgan fingerprint density at radius 1 is 1.41 bits per heavy atom. The van der Waals surface area contributed by atoms with Crippen molar-refractivity contribution in [3.8, 4) is 5.75 Å². The lowest BCUT2D eigenvalue weighted by atomic mass is 9.89. The van der Waals surface area contributed by atoms with Crippen LogP contribution in [0.25, 0.3) is 0 Å². The molecule has 1 aliphatic heterocycles. The second-order valence-corrected chi connectivity index (χ2v) is 6.53. The van der Waals surface area contributed by atoms with Crippen LogP contribution in [0.2, 0.25) is 0 Å². The van der Waals surface area contributed by atoms with E-state index in [1.54, 1.807) is 6.33 Å². The van der Waals surface area contributed by atoms with Crippen LogP contribution in [0, 0.1) is 6.92 Å². The summed E-state index contributed by atoms with van der Waals surface area (Å²) in [5.74, 6) is 1.96. The Kier molecular flexibility index (Phi) is 3.91. The Balaban J connectivity index is 1.81. The zero-order valence-electron chi connectivity index (χ0n) is 13.8. The third kappa shape index (κ3) is 2.99. The topological polar surface area (TPSA) is 52.0 Å². The van der Waals surface area contributed by atoms with Crippen LogP contribution in [0.5, 0.6) is 5.75 Å². The van der Waals surface area contributed by atoms with E-state index in [1.807, 2.05) is 4.68 Å². The van der Waals surface area contributed by atoms with Gasteiger partial charge in [0.15, 0.2) is 0 Å². The quantitative estimate of drug-likeness (QED) is 0.943. The Morgan fingerprint density at radius 2 is 2.23 bits per heavy atom. The van der Waals surface area contributed by atoms with Gasteiger partial charge in [0.25, 0.3) is 0 Å². The first kappa shape index (κ1) is 15.0. The molecule has 1 N–H and O–H groups in total. The van der Waals surface area contributed by atoms with Crippen LogP contribution in [0.1, 0.15) is 50.2 Å². The molecule has 118 valence electrons. The van der Waals surface area contributed by atoms with Crippen molar-refractivity contribution in [2.24, 2.45) is 0 Å². The molecule has 0 saturated heterocycles. The molecule has 22 heavy (non-hydrogen) atoms. The first-order chi connectivity index (χ1) is 10.5. The molecule has 1 aliphatic rings. The number of aryl methyl sites for hydroxylation is 2. The molecule has 0 aliphatic carbocycles. The Morgan fingerprint density at radius 3 is 3.00 bits per heavy atom. The van der Waals surface area contributed by atoms with Crippen molar-refractivity contribution in [1.82, 2.24) is 20.1 Å². The minimum atomic E-state index is -0.170. The fourth-order valence-electron chi connectivity index (χ4n) is 3.04. The average molecular weight is 300 g/mol. The number of benzene rings is 1. The van der Waals surface area contributed by atoms with Gasteiger partial charge in [-0.05, 0) is 39.3 Å². The standard InChI is InChI=1S/C17H24N4O/c1-5-21-16(19-11-20-21)10-18-14-9-17(3,4)22-15-8-12(2)6-7-13(14)15/h6-8,11,14,18H,5,9-10H2,1-4H3. The highest BCUT2D eigenvalue weighted by atomic mass is 16.5. The number of aromatic nitrogens is 3. The van der Waals surface area contributed by atoms with Crippen molar-refractivity contribution in [2.75, 3.05) is 0 Å². The minimum absolute atomic E-state index is 0.170. The fraction of sp³-hybridized carbons (Fsp3) is 0.529. The highest BCUT2D eigenvalue weighted by Crippen LogP contribution is 2.39. The fourth-order valence-corrected chi connectivity index (χ4v) is 3.04. The largest absolute Gasteiger partial charge is 0.487 e. The van der Waals surface area contributed by atoms with Crippen molar-refractivity contribution >= 4 is 0 Å². The predicted molar refractivity (Wildman–Crippen MR) is 85.8 cm³/mol. The van der Waals surface area contributed by atoms with Crippen LogP contribution in [0.3, 0.4) is 0 Å². The predicted octanol–water partition coefficient (Wildman–Crippen LogP) is 3.00. The average Bonchev–Trinajstić information content (AvgIpc) is 2.90. The van der Waals surface area contributed by atoms with E-state index in [2.05, 4.69) is 61.3 Å². The molecule has 1 aromatic carbocycles. The van der Waals surface area contributed by atoms with Gasteiger partial charge in [0.05, 0.1) is 6.54 Å². The lowest BCUT2D eigenvalue weighted by Gasteiger charge is -2.38. The summed E-state index contributed by atoms with van der Waals surface area (Å²) in [5, 5.41) is 7.85. The molecule has 2 aromatic rings. The van der Waals surface area contributed by atoms with Crippen molar-refractivity contribution in [3.05, 3.63) is 41.5 Å². The number of nitrogens with one attached hydrogen (secondary N) is 1. The van der Waals surface area contributed by atoms with Crippen molar-refractivity contribution in [1.29, 1.82) is 0 Å². The van der Waals surface area contributed by atoms with Gasteiger partial charge in [0.2, 0.25) is 0 Å². The molecule has 0 amide bonds. The molecule has 0 spiro atoms. The molecular weight excluding hydrogens is 276 g/mol. The molecule has 3 rings (SSSR count). The third-order valence-corrected chi connectivity index (χ3v) is 4.13. The molecular formula is C17H24N4O. The van der Waals surface area contributed by atoms with E-state index in [-0.39, 0.29) is 11.6 Å². The monoisotopic (exact) mass is 300 g/mol. The molecule has 5 nitrogen and oxygen atoms in total. The van der Waals surface area contributed by atoms with E-state index >= 15 is 0 Å². The summed E-state index contributed by atoms with van der Waals surface area (Å²) in [4.78, 5) is 4.34. The summed E-state index contributed by atoms with van der Waals surface area (Å²) in [5.41, 5.74) is 2.28. The van der Waals surface area contributed by atoms with E-state index in [9.17, 15) is 0 Å². The molecule has 1 atom stereocenters. The van der Waals surface area contributed by atoms with Gasteiger partial charge in [-0.1, -0.05) is 12.1 Å². The van der Waals surface area contributed by atoms with Crippen molar-refractivity contribution < 1.29 is 4.74 Å². The zero-order chi connectivity index (χ0) is 15.7. The third-order valence-electron chi connectivity index (χ3n) is 4.13. The minimum Gasteiger partial charge on any atom is -0.487 e. The lowest BCUT2D eigenvalue weighted by Crippen LogP contribution is -2.39. The number of nitrogens with zero attached hydrogens (tertiary/aromatic N) is 3. The second-order valence-electron chi connectivity index (χ2n) is 6.53. The van der Waals surface area contributed by atoms with Crippen LogP contribution >= 0.6 is 0 Å². The maximum atomic E-state index is 6.14. The smallest absolute Gasteiger partial charge is 0.140 e. The highest BCUT2D eigenvalue weighted by Gasteiger charge is 2.33. The Hall–Kier alpha value is -1.88. The first-order valence-electron chi connectivity index (χ1n) is 7.88. The number of ether oxygens (including phenoxy) is 1. The van der Waals surface area contributed by atoms with Gasteiger partial charge >= 0.3 is 0 Å². The first-order valence-corrected chi connectivity index (χ1v) is 7.88. The molecule has 1 aromatic heterocycles. The van der Waals surface area contributed by atoms with Crippen LogP contribution in [0.4, 0.5) is 0 Å². The van der Waals surface area contributed by atoms with Gasteiger partial charge in [0, 0.05) is 24.6 Å². The Bertz CT molecular complexity index is 662. The van der Waals surface area contributed by atoms with Crippen molar-refractivity contribution in [2.45, 2.75) is 58.8 Å². The number of fused-ring (bicyclic) bond motifs is 1. The molecule has 0 bridgehead atoms. The SMILES string of the molecule is CCn1ncnc1CNC1CC(C)(C)Oc2cc(C)ccc21. The number of rotatable bonds is 4. The summed E-state index contributed by atoms with van der Waals surface area (Å²) in [7, 11) is 0. The Labute approximate surface area is 131 Å². The maximum Gasteiger partial charge on any atom is 0.140 e. The summed E-state index contributed by atoms with van der Waals surface area (Å²) in [6.07, 6.45) is 2.55. The lowest BCUT2D eigenvalue weighted by molar-refractivity contribution is 0.0654. The number of hydrogen-bond donors (Lipinski definition) is 1. The van der Waals surface area contributed by atoms with Gasteiger partial charge < -0.3 is 10.1 Å². The van der Waals surface area contributed by atoms with Crippen LogP contribution in [0.15, 0.2) is 24.5 Å². The molecule has 2 heterocycles. The zero-order valence-corrected chi connectivity index (χ0v) is 13.8. The van der Waals surface area contributed by atoms with Crippen LogP contribution < -0.4 is 10.1 Å². The van der Waals surface area contributed by atoms with Crippen LogP contribution in [-0.2, 0) is 13.1 Å². The van der Waals surface area contributed by atoms with E-state index in [0.29, 0.717) is 6.54 Å². The van der Waals surface area contributed by atoms with E-state index < -0.39 is 0 Å².